The lowest BCUT2D eigenvalue weighted by molar-refractivity contribution is -0.119. The van der Waals surface area contributed by atoms with Gasteiger partial charge in [0.2, 0.25) is 5.91 Å². The van der Waals surface area contributed by atoms with E-state index in [4.69, 9.17) is 0 Å². The molecule has 1 amide bonds. The molecule has 0 spiro atoms. The Morgan fingerprint density at radius 3 is 2.52 bits per heavy atom. The van der Waals surface area contributed by atoms with Crippen molar-refractivity contribution in [2.75, 3.05) is 19.6 Å². The summed E-state index contributed by atoms with van der Waals surface area (Å²) in [6, 6.07) is 10.1. The minimum atomic E-state index is -0.0842. The predicted octanol–water partition coefficient (Wildman–Crippen LogP) is 2.79. The van der Waals surface area contributed by atoms with E-state index in [1.807, 2.05) is 32.0 Å². The second-order valence-electron chi connectivity index (χ2n) is 5.88. The Kier molecular flexibility index (Phi) is 11.0. The molecule has 0 unspecified atom stereocenters. The van der Waals surface area contributed by atoms with E-state index in [1.54, 1.807) is 11.3 Å². The molecule has 0 saturated carbocycles. The van der Waals surface area contributed by atoms with Gasteiger partial charge in [-0.3, -0.25) is 4.79 Å². The third-order valence-corrected chi connectivity index (χ3v) is 4.86. The first-order valence-corrected chi connectivity index (χ1v) is 9.66. The minimum absolute atomic E-state index is 0. The molecule has 0 fully saturated rings. The van der Waals surface area contributed by atoms with Crippen LogP contribution >= 0.6 is 35.3 Å². The normalized spacial score (nSPS) is 10.9. The molecular weight excluding hydrogens is 473 g/mol. The van der Waals surface area contributed by atoms with Gasteiger partial charge in [0.1, 0.15) is 11.6 Å². The van der Waals surface area contributed by atoms with Gasteiger partial charge in [0.15, 0.2) is 5.96 Å². The number of aromatic nitrogens is 1. The molecular formula is C19H28IN5OS. The number of carbonyl (C=O) groups is 1. The second-order valence-corrected chi connectivity index (χ2v) is 7.17. The first-order chi connectivity index (χ1) is 12.6. The number of nitrogens with one attached hydrogen (secondary N) is 3. The zero-order valence-corrected chi connectivity index (χ0v) is 19.2. The van der Waals surface area contributed by atoms with Crippen LogP contribution in [0.2, 0.25) is 0 Å². The van der Waals surface area contributed by atoms with Crippen LogP contribution in [0, 0.1) is 13.8 Å². The summed E-state index contributed by atoms with van der Waals surface area (Å²) < 4.78 is 0. The highest BCUT2D eigenvalue weighted by molar-refractivity contribution is 14.0. The van der Waals surface area contributed by atoms with Crippen LogP contribution in [0.1, 0.15) is 28.1 Å². The van der Waals surface area contributed by atoms with E-state index in [9.17, 15) is 4.79 Å². The van der Waals surface area contributed by atoms with E-state index < -0.39 is 0 Å². The van der Waals surface area contributed by atoms with E-state index >= 15 is 0 Å². The smallest absolute Gasteiger partial charge is 0.241 e. The molecule has 6 nitrogen and oxygen atoms in total. The summed E-state index contributed by atoms with van der Waals surface area (Å²) in [6.45, 7) is 8.11. The molecule has 148 valence electrons. The van der Waals surface area contributed by atoms with Crippen molar-refractivity contribution in [2.45, 2.75) is 33.7 Å². The monoisotopic (exact) mass is 501 g/mol. The van der Waals surface area contributed by atoms with Gasteiger partial charge in [-0.1, -0.05) is 30.3 Å². The number of hydrogen-bond acceptors (Lipinski definition) is 4. The number of benzene rings is 1. The van der Waals surface area contributed by atoms with E-state index in [0.717, 1.165) is 23.7 Å². The molecule has 8 heteroatoms. The fourth-order valence-corrected chi connectivity index (χ4v) is 3.19. The molecule has 1 heterocycles. The van der Waals surface area contributed by atoms with Crippen molar-refractivity contribution in [3.8, 4) is 0 Å². The Morgan fingerprint density at radius 1 is 1.15 bits per heavy atom. The van der Waals surface area contributed by atoms with Crippen LogP contribution < -0.4 is 16.0 Å². The van der Waals surface area contributed by atoms with Crippen molar-refractivity contribution in [1.82, 2.24) is 20.9 Å². The summed E-state index contributed by atoms with van der Waals surface area (Å²) in [7, 11) is 0. The molecule has 0 aliphatic rings. The molecule has 2 aromatic rings. The lowest BCUT2D eigenvalue weighted by Crippen LogP contribution is -2.38. The third-order valence-electron chi connectivity index (χ3n) is 3.78. The molecule has 1 aromatic heterocycles. The van der Waals surface area contributed by atoms with Crippen LogP contribution in [-0.4, -0.2) is 36.5 Å². The molecule has 0 atom stereocenters. The molecule has 1 aromatic carbocycles. The largest absolute Gasteiger partial charge is 0.357 e. The number of rotatable bonds is 8. The summed E-state index contributed by atoms with van der Waals surface area (Å²) in [5.74, 6) is 0.537. The first kappa shape index (κ1) is 23.4. The van der Waals surface area contributed by atoms with Crippen LogP contribution in [0.4, 0.5) is 0 Å². The maximum absolute atomic E-state index is 12.0. The van der Waals surface area contributed by atoms with Crippen LogP contribution in [0.25, 0.3) is 0 Å². The summed E-state index contributed by atoms with van der Waals surface area (Å²) in [5.41, 5.74) is 2.27. The van der Waals surface area contributed by atoms with E-state index in [-0.39, 0.29) is 36.4 Å². The van der Waals surface area contributed by atoms with Gasteiger partial charge in [0.25, 0.3) is 0 Å². The maximum atomic E-state index is 12.0. The zero-order chi connectivity index (χ0) is 18.8. The van der Waals surface area contributed by atoms with E-state index in [1.165, 1.54) is 10.4 Å². The SMILES string of the molecule is CCNC(=NCC(=O)NCCc1ccccc1)NCc1nc(C)c(C)s1.I. The first-order valence-electron chi connectivity index (χ1n) is 8.84. The highest BCUT2D eigenvalue weighted by Crippen LogP contribution is 2.15. The number of carbonyl (C=O) groups excluding carboxylic acids is 1. The number of aryl methyl sites for hydroxylation is 2. The number of nitrogens with zero attached hydrogens (tertiary/aromatic N) is 2. The van der Waals surface area contributed by atoms with Crippen molar-refractivity contribution in [2.24, 2.45) is 4.99 Å². The van der Waals surface area contributed by atoms with Gasteiger partial charge in [-0.05, 0) is 32.8 Å². The van der Waals surface area contributed by atoms with Gasteiger partial charge in [-0.2, -0.15) is 0 Å². The average Bonchev–Trinajstić information content (AvgIpc) is 2.96. The lowest BCUT2D eigenvalue weighted by Gasteiger charge is -2.10. The van der Waals surface area contributed by atoms with Gasteiger partial charge in [-0.25, -0.2) is 9.98 Å². The molecule has 0 radical (unpaired) electrons. The van der Waals surface area contributed by atoms with Crippen LogP contribution in [-0.2, 0) is 17.8 Å². The van der Waals surface area contributed by atoms with Gasteiger partial charge in [0.05, 0.1) is 12.2 Å². The molecule has 0 bridgehead atoms. The summed E-state index contributed by atoms with van der Waals surface area (Å²) >= 11 is 1.67. The molecule has 0 aliphatic heterocycles. The summed E-state index contributed by atoms with van der Waals surface area (Å²) in [6.07, 6.45) is 0.817. The lowest BCUT2D eigenvalue weighted by atomic mass is 10.1. The van der Waals surface area contributed by atoms with Gasteiger partial charge >= 0.3 is 0 Å². The number of halogens is 1. The Balaban J connectivity index is 0.00000364. The quantitative estimate of drug-likeness (QED) is 0.296. The number of amides is 1. The van der Waals surface area contributed by atoms with E-state index in [0.29, 0.717) is 19.0 Å². The van der Waals surface area contributed by atoms with Gasteiger partial charge in [0, 0.05) is 18.0 Å². The van der Waals surface area contributed by atoms with Crippen LogP contribution in [0.3, 0.4) is 0 Å². The Hall–Kier alpha value is -1.68. The second kappa shape index (κ2) is 12.7. The molecule has 3 N–H and O–H groups in total. The maximum Gasteiger partial charge on any atom is 0.241 e. The number of hydrogen-bond donors (Lipinski definition) is 3. The molecule has 0 aliphatic carbocycles. The molecule has 2 rings (SSSR count). The average molecular weight is 501 g/mol. The summed E-state index contributed by atoms with van der Waals surface area (Å²) in [5, 5.41) is 10.3. The zero-order valence-electron chi connectivity index (χ0n) is 16.0. The number of aliphatic imine (C=N–C) groups is 1. The van der Waals surface area contributed by atoms with Crippen molar-refractivity contribution >= 4 is 47.2 Å². The Bertz CT molecular complexity index is 713. The van der Waals surface area contributed by atoms with Crippen molar-refractivity contribution in [3.63, 3.8) is 0 Å². The van der Waals surface area contributed by atoms with Crippen LogP contribution in [0.15, 0.2) is 35.3 Å². The summed E-state index contributed by atoms with van der Waals surface area (Å²) in [4.78, 5) is 22.0. The van der Waals surface area contributed by atoms with Gasteiger partial charge in [-0.15, -0.1) is 35.3 Å². The fraction of sp³-hybridized carbons (Fsp3) is 0.421. The van der Waals surface area contributed by atoms with Crippen molar-refractivity contribution in [3.05, 3.63) is 51.5 Å². The van der Waals surface area contributed by atoms with Crippen molar-refractivity contribution < 1.29 is 4.79 Å². The fourth-order valence-electron chi connectivity index (χ4n) is 2.31. The number of thiazole rings is 1. The molecule has 0 saturated heterocycles. The van der Waals surface area contributed by atoms with E-state index in [2.05, 4.69) is 45.0 Å². The topological polar surface area (TPSA) is 78.4 Å². The standard InChI is InChI=1S/C19H27N5OS.HI/c1-4-20-19(23-13-18-24-14(2)15(3)26-18)22-12-17(25)21-11-10-16-8-6-5-7-9-16;/h5-9H,4,10-13H2,1-3H3,(H,21,25)(H2,20,22,23);1H. The van der Waals surface area contributed by atoms with Crippen LogP contribution in [0.5, 0.6) is 0 Å². The Morgan fingerprint density at radius 2 is 1.89 bits per heavy atom. The minimum Gasteiger partial charge on any atom is -0.357 e. The highest BCUT2D eigenvalue weighted by atomic mass is 127. The highest BCUT2D eigenvalue weighted by Gasteiger charge is 2.06. The molecule has 27 heavy (non-hydrogen) atoms. The third kappa shape index (κ3) is 8.70. The van der Waals surface area contributed by atoms with Crippen molar-refractivity contribution in [1.29, 1.82) is 0 Å². The predicted molar refractivity (Wildman–Crippen MR) is 123 cm³/mol. The van der Waals surface area contributed by atoms with Gasteiger partial charge < -0.3 is 16.0 Å². The number of guanidine groups is 1. The Labute approximate surface area is 182 Å².